The van der Waals surface area contributed by atoms with Crippen LogP contribution in [0.15, 0.2) is 16.6 Å². The number of nitro benzene ring substituents is 1. The quantitative estimate of drug-likeness (QED) is 0.668. The molecule has 0 aliphatic heterocycles. The second-order valence-corrected chi connectivity index (χ2v) is 4.98. The monoisotopic (exact) mass is 321 g/mol. The van der Waals surface area contributed by atoms with Crippen molar-refractivity contribution in [3.05, 3.63) is 32.5 Å². The van der Waals surface area contributed by atoms with Crippen LogP contribution in [0, 0.1) is 15.9 Å². The molecule has 0 amide bonds. The van der Waals surface area contributed by atoms with E-state index in [4.69, 9.17) is 4.74 Å². The van der Waals surface area contributed by atoms with E-state index in [-0.39, 0.29) is 22.5 Å². The highest BCUT2D eigenvalue weighted by atomic mass is 79.9. The van der Waals surface area contributed by atoms with Crippen molar-refractivity contribution in [3.63, 3.8) is 0 Å². The van der Waals surface area contributed by atoms with E-state index in [1.165, 1.54) is 6.92 Å². The van der Waals surface area contributed by atoms with Crippen molar-refractivity contribution < 1.29 is 19.2 Å². The number of hydrogen-bond acceptors (Lipinski definition) is 4. The van der Waals surface area contributed by atoms with E-state index in [0.717, 1.165) is 12.1 Å². The molecule has 1 aromatic rings. The molecule has 0 aliphatic carbocycles. The van der Waals surface area contributed by atoms with Gasteiger partial charge in [0.05, 0.1) is 15.0 Å². The Morgan fingerprint density at radius 1 is 1.61 bits per heavy atom. The average molecular weight is 322 g/mol. The predicted molar refractivity (Wildman–Crippen MR) is 67.2 cm³/mol. The molecular weight excluding hydrogens is 309 g/mol. The van der Waals surface area contributed by atoms with E-state index in [9.17, 15) is 19.6 Å². The Balaban J connectivity index is 3.01. The number of rotatable bonds is 5. The van der Waals surface area contributed by atoms with Crippen LogP contribution in [0.25, 0.3) is 0 Å². The lowest BCUT2D eigenvalue weighted by atomic mass is 10.1. The van der Waals surface area contributed by atoms with Gasteiger partial charge in [0.2, 0.25) is 0 Å². The van der Waals surface area contributed by atoms with Crippen molar-refractivity contribution in [3.8, 4) is 5.75 Å². The standard InChI is InChI=1S/C11H13BrFNO4/c1-3-11(2,15)6-18-10-5-8(13)7(12)4-9(10)14(16)17/h4-5,15H,3,6H2,1-2H3. The second-order valence-electron chi connectivity index (χ2n) is 4.13. The summed E-state index contributed by atoms with van der Waals surface area (Å²) in [6.45, 7) is 3.14. The van der Waals surface area contributed by atoms with Crippen LogP contribution in [0.2, 0.25) is 0 Å². The normalized spacial score (nSPS) is 14.1. The molecule has 0 fully saturated rings. The number of halogens is 2. The Bertz CT molecular complexity index is 465. The maximum absolute atomic E-state index is 13.3. The van der Waals surface area contributed by atoms with Crippen molar-refractivity contribution in [1.29, 1.82) is 0 Å². The SMILES string of the molecule is CCC(C)(O)COc1cc(F)c(Br)cc1[N+](=O)[O-]. The minimum absolute atomic E-state index is 0.0104. The maximum atomic E-state index is 13.3. The highest BCUT2D eigenvalue weighted by Crippen LogP contribution is 2.33. The first kappa shape index (κ1) is 14.8. The van der Waals surface area contributed by atoms with Crippen molar-refractivity contribution in [2.24, 2.45) is 0 Å². The van der Waals surface area contributed by atoms with Crippen molar-refractivity contribution in [1.82, 2.24) is 0 Å². The zero-order chi connectivity index (χ0) is 13.9. The molecule has 0 spiro atoms. The molecule has 5 nitrogen and oxygen atoms in total. The molecule has 0 saturated carbocycles. The van der Waals surface area contributed by atoms with Gasteiger partial charge in [-0.2, -0.15) is 0 Å². The van der Waals surface area contributed by atoms with Gasteiger partial charge in [-0.1, -0.05) is 6.92 Å². The molecular formula is C11H13BrFNO4. The second kappa shape index (κ2) is 5.62. The van der Waals surface area contributed by atoms with Crippen molar-refractivity contribution in [2.45, 2.75) is 25.9 Å². The highest BCUT2D eigenvalue weighted by Gasteiger charge is 2.23. The molecule has 1 atom stereocenters. The Labute approximate surface area is 112 Å². The molecule has 0 aliphatic rings. The molecule has 0 bridgehead atoms. The lowest BCUT2D eigenvalue weighted by molar-refractivity contribution is -0.386. The van der Waals surface area contributed by atoms with Crippen LogP contribution < -0.4 is 4.74 Å². The molecule has 0 radical (unpaired) electrons. The third-order valence-corrected chi connectivity index (χ3v) is 3.11. The summed E-state index contributed by atoms with van der Waals surface area (Å²) < 4.78 is 18.4. The first-order valence-electron chi connectivity index (χ1n) is 5.25. The minimum Gasteiger partial charge on any atom is -0.484 e. The van der Waals surface area contributed by atoms with E-state index < -0.39 is 16.3 Å². The van der Waals surface area contributed by atoms with E-state index in [1.807, 2.05) is 0 Å². The van der Waals surface area contributed by atoms with Crippen molar-refractivity contribution >= 4 is 21.6 Å². The van der Waals surface area contributed by atoms with Crippen LogP contribution in [-0.2, 0) is 0 Å². The van der Waals surface area contributed by atoms with Gasteiger partial charge in [-0.05, 0) is 29.3 Å². The Morgan fingerprint density at radius 2 is 2.22 bits per heavy atom. The molecule has 100 valence electrons. The lowest BCUT2D eigenvalue weighted by Crippen LogP contribution is -2.31. The van der Waals surface area contributed by atoms with Crippen LogP contribution in [0.1, 0.15) is 20.3 Å². The molecule has 0 saturated heterocycles. The van der Waals surface area contributed by atoms with Crippen LogP contribution in [0.3, 0.4) is 0 Å². The summed E-state index contributed by atoms with van der Waals surface area (Å²) >= 11 is 2.87. The fraction of sp³-hybridized carbons (Fsp3) is 0.455. The van der Waals surface area contributed by atoms with E-state index in [1.54, 1.807) is 6.92 Å². The van der Waals surface area contributed by atoms with Gasteiger partial charge in [0.1, 0.15) is 12.4 Å². The maximum Gasteiger partial charge on any atom is 0.312 e. The molecule has 0 aromatic heterocycles. The first-order chi connectivity index (χ1) is 8.26. The Kier molecular flexibility index (Phi) is 4.64. The number of hydrogen-bond donors (Lipinski definition) is 1. The molecule has 7 heteroatoms. The topological polar surface area (TPSA) is 72.6 Å². The summed E-state index contributed by atoms with van der Waals surface area (Å²) in [6, 6.07) is 1.96. The van der Waals surface area contributed by atoms with Gasteiger partial charge in [0.25, 0.3) is 0 Å². The fourth-order valence-corrected chi connectivity index (χ4v) is 1.44. The largest absolute Gasteiger partial charge is 0.484 e. The zero-order valence-corrected chi connectivity index (χ0v) is 11.5. The Morgan fingerprint density at radius 3 is 2.72 bits per heavy atom. The van der Waals surface area contributed by atoms with Gasteiger partial charge in [0, 0.05) is 12.1 Å². The summed E-state index contributed by atoms with van der Waals surface area (Å²) in [4.78, 5) is 10.1. The molecule has 18 heavy (non-hydrogen) atoms. The van der Waals surface area contributed by atoms with Crippen LogP contribution >= 0.6 is 15.9 Å². The minimum atomic E-state index is -1.11. The summed E-state index contributed by atoms with van der Waals surface area (Å²) in [5.41, 5.74) is -1.47. The van der Waals surface area contributed by atoms with E-state index >= 15 is 0 Å². The summed E-state index contributed by atoms with van der Waals surface area (Å²) in [6.07, 6.45) is 0.416. The summed E-state index contributed by atoms with van der Waals surface area (Å²) in [5, 5.41) is 20.5. The van der Waals surface area contributed by atoms with Gasteiger partial charge < -0.3 is 9.84 Å². The molecule has 1 rings (SSSR count). The molecule has 1 aromatic carbocycles. The van der Waals surface area contributed by atoms with Crippen molar-refractivity contribution in [2.75, 3.05) is 6.61 Å². The van der Waals surface area contributed by atoms with Gasteiger partial charge in [-0.3, -0.25) is 10.1 Å². The van der Waals surface area contributed by atoms with E-state index in [0.29, 0.717) is 6.42 Å². The fourth-order valence-electron chi connectivity index (χ4n) is 1.11. The number of ether oxygens (including phenoxy) is 1. The lowest BCUT2D eigenvalue weighted by Gasteiger charge is -2.21. The number of nitrogens with zero attached hydrogens (tertiary/aromatic N) is 1. The van der Waals surface area contributed by atoms with Crippen LogP contribution in [0.4, 0.5) is 10.1 Å². The third-order valence-electron chi connectivity index (χ3n) is 2.50. The van der Waals surface area contributed by atoms with Crippen LogP contribution in [-0.4, -0.2) is 22.2 Å². The number of aliphatic hydroxyl groups is 1. The summed E-state index contributed by atoms with van der Waals surface area (Å²) in [5.74, 6) is -0.860. The molecule has 0 heterocycles. The van der Waals surface area contributed by atoms with Gasteiger partial charge in [-0.25, -0.2) is 4.39 Å². The van der Waals surface area contributed by atoms with Gasteiger partial charge in [0.15, 0.2) is 5.75 Å². The molecule has 1 unspecified atom stereocenters. The smallest absolute Gasteiger partial charge is 0.312 e. The molecule has 1 N–H and O–H groups in total. The number of nitro groups is 1. The predicted octanol–water partition coefficient (Wildman–Crippen LogP) is 3.04. The van der Waals surface area contributed by atoms with Crippen LogP contribution in [0.5, 0.6) is 5.75 Å². The van der Waals surface area contributed by atoms with Gasteiger partial charge in [-0.15, -0.1) is 0 Å². The number of benzene rings is 1. The highest BCUT2D eigenvalue weighted by molar-refractivity contribution is 9.10. The summed E-state index contributed by atoms with van der Waals surface area (Å²) in [7, 11) is 0. The zero-order valence-electron chi connectivity index (χ0n) is 9.94. The first-order valence-corrected chi connectivity index (χ1v) is 6.05. The van der Waals surface area contributed by atoms with Gasteiger partial charge >= 0.3 is 5.69 Å². The van der Waals surface area contributed by atoms with E-state index in [2.05, 4.69) is 15.9 Å². The Hall–Kier alpha value is -1.21. The third kappa shape index (κ3) is 3.64. The average Bonchev–Trinajstić information content (AvgIpc) is 2.30.